The first-order chi connectivity index (χ1) is 6.93. The quantitative estimate of drug-likeness (QED) is 0.694. The van der Waals surface area contributed by atoms with E-state index >= 15 is 0 Å². The maximum Gasteiger partial charge on any atom is 0.308 e. The lowest BCUT2D eigenvalue weighted by Crippen LogP contribution is -2.25. The van der Waals surface area contributed by atoms with Gasteiger partial charge in [0.05, 0.1) is 32.3 Å². The number of hydrogen-bond acceptors (Lipinski definition) is 5. The molecule has 1 aliphatic rings. The number of hydrogen-bond donors (Lipinski definition) is 1. The summed E-state index contributed by atoms with van der Waals surface area (Å²) in [6, 6.07) is 0. The van der Waals surface area contributed by atoms with Gasteiger partial charge in [-0.3, -0.25) is 4.79 Å². The Hall–Kier alpha value is -0.650. The SMILES string of the molecule is COC(=O)CC(O)CC1COC(C)(C)O1. The van der Waals surface area contributed by atoms with Crippen LogP contribution >= 0.6 is 0 Å². The van der Waals surface area contributed by atoms with Crippen LogP contribution in [0, 0.1) is 0 Å². The lowest BCUT2D eigenvalue weighted by molar-refractivity contribution is -0.146. The van der Waals surface area contributed by atoms with Gasteiger partial charge in [-0.1, -0.05) is 0 Å². The zero-order valence-corrected chi connectivity index (χ0v) is 9.36. The van der Waals surface area contributed by atoms with Crippen LogP contribution in [0.2, 0.25) is 0 Å². The number of aliphatic hydroxyl groups is 1. The Morgan fingerprint density at radius 2 is 2.33 bits per heavy atom. The second-order valence-electron chi connectivity index (χ2n) is 4.12. The van der Waals surface area contributed by atoms with Gasteiger partial charge < -0.3 is 19.3 Å². The Kier molecular flexibility index (Phi) is 4.07. The Bertz CT molecular complexity index is 226. The zero-order chi connectivity index (χ0) is 11.5. The molecular weight excluding hydrogens is 200 g/mol. The van der Waals surface area contributed by atoms with Crippen molar-refractivity contribution >= 4 is 5.97 Å². The molecule has 1 saturated heterocycles. The van der Waals surface area contributed by atoms with Crippen LogP contribution in [-0.2, 0) is 19.0 Å². The maximum atomic E-state index is 10.9. The van der Waals surface area contributed by atoms with Crippen molar-refractivity contribution in [1.82, 2.24) is 0 Å². The molecule has 1 aliphatic heterocycles. The fraction of sp³-hybridized carbons (Fsp3) is 0.900. The van der Waals surface area contributed by atoms with Crippen LogP contribution in [0.25, 0.3) is 0 Å². The van der Waals surface area contributed by atoms with Crippen molar-refractivity contribution in [2.75, 3.05) is 13.7 Å². The Morgan fingerprint density at radius 3 is 2.80 bits per heavy atom. The Morgan fingerprint density at radius 1 is 1.67 bits per heavy atom. The summed E-state index contributed by atoms with van der Waals surface area (Å²) >= 11 is 0. The molecule has 1 N–H and O–H groups in total. The fourth-order valence-corrected chi connectivity index (χ4v) is 1.54. The van der Waals surface area contributed by atoms with Crippen molar-refractivity contribution in [2.45, 2.75) is 44.7 Å². The zero-order valence-electron chi connectivity index (χ0n) is 9.36. The summed E-state index contributed by atoms with van der Waals surface area (Å²) in [5, 5.41) is 9.54. The lowest BCUT2D eigenvalue weighted by Gasteiger charge is -2.18. The minimum Gasteiger partial charge on any atom is -0.469 e. The van der Waals surface area contributed by atoms with Crippen LogP contribution < -0.4 is 0 Å². The van der Waals surface area contributed by atoms with E-state index in [4.69, 9.17) is 9.47 Å². The fourth-order valence-electron chi connectivity index (χ4n) is 1.54. The number of ether oxygens (including phenoxy) is 3. The number of esters is 1. The molecule has 1 rings (SSSR count). The highest BCUT2D eigenvalue weighted by Crippen LogP contribution is 2.25. The van der Waals surface area contributed by atoms with Crippen LogP contribution in [0.1, 0.15) is 26.7 Å². The van der Waals surface area contributed by atoms with E-state index in [1.807, 2.05) is 13.8 Å². The van der Waals surface area contributed by atoms with E-state index in [9.17, 15) is 9.90 Å². The van der Waals surface area contributed by atoms with E-state index in [1.54, 1.807) is 0 Å². The molecule has 2 atom stereocenters. The van der Waals surface area contributed by atoms with E-state index in [1.165, 1.54) is 7.11 Å². The standard InChI is InChI=1S/C10H18O5/c1-10(2)14-6-8(15-10)4-7(11)5-9(12)13-3/h7-8,11H,4-6H2,1-3H3. The molecule has 1 heterocycles. The van der Waals surface area contributed by atoms with Crippen LogP contribution in [0.15, 0.2) is 0 Å². The van der Waals surface area contributed by atoms with Gasteiger partial charge in [-0.2, -0.15) is 0 Å². The van der Waals surface area contributed by atoms with E-state index in [2.05, 4.69) is 4.74 Å². The summed E-state index contributed by atoms with van der Waals surface area (Å²) in [5.74, 6) is -1.00. The average molecular weight is 218 g/mol. The van der Waals surface area contributed by atoms with Crippen molar-refractivity contribution in [3.8, 4) is 0 Å². The molecule has 0 radical (unpaired) electrons. The number of carbonyl (C=O) groups excluding carboxylic acids is 1. The van der Waals surface area contributed by atoms with Gasteiger partial charge in [0.1, 0.15) is 0 Å². The molecule has 5 heteroatoms. The van der Waals surface area contributed by atoms with Crippen molar-refractivity contribution in [3.05, 3.63) is 0 Å². The van der Waals surface area contributed by atoms with Crippen molar-refractivity contribution in [1.29, 1.82) is 0 Å². The largest absolute Gasteiger partial charge is 0.469 e. The van der Waals surface area contributed by atoms with E-state index in [0.29, 0.717) is 13.0 Å². The summed E-state index contributed by atoms with van der Waals surface area (Å²) in [6.45, 7) is 4.09. The molecule has 0 bridgehead atoms. The molecule has 0 amide bonds. The second-order valence-corrected chi connectivity index (χ2v) is 4.12. The molecule has 0 spiro atoms. The smallest absolute Gasteiger partial charge is 0.308 e. The van der Waals surface area contributed by atoms with Gasteiger partial charge in [-0.15, -0.1) is 0 Å². The topological polar surface area (TPSA) is 65.0 Å². The van der Waals surface area contributed by atoms with Crippen LogP contribution in [-0.4, -0.2) is 42.8 Å². The van der Waals surface area contributed by atoms with Gasteiger partial charge in [-0.25, -0.2) is 0 Å². The molecular formula is C10H18O5. The van der Waals surface area contributed by atoms with E-state index in [-0.39, 0.29) is 12.5 Å². The first kappa shape index (κ1) is 12.4. The number of methoxy groups -OCH3 is 1. The second kappa shape index (κ2) is 4.92. The third-order valence-electron chi connectivity index (χ3n) is 2.23. The van der Waals surface area contributed by atoms with Crippen molar-refractivity contribution in [3.63, 3.8) is 0 Å². The monoisotopic (exact) mass is 218 g/mol. The summed E-state index contributed by atoms with van der Waals surface area (Å²) in [7, 11) is 1.30. The first-order valence-corrected chi connectivity index (χ1v) is 4.99. The summed E-state index contributed by atoms with van der Waals surface area (Å²) in [6.07, 6.45) is -0.505. The molecule has 15 heavy (non-hydrogen) atoms. The van der Waals surface area contributed by atoms with Crippen molar-refractivity contribution in [2.24, 2.45) is 0 Å². The third-order valence-corrected chi connectivity index (χ3v) is 2.23. The van der Waals surface area contributed by atoms with Crippen LogP contribution in [0.4, 0.5) is 0 Å². The highest BCUT2D eigenvalue weighted by Gasteiger charge is 2.33. The molecule has 0 aromatic heterocycles. The first-order valence-electron chi connectivity index (χ1n) is 4.99. The van der Waals surface area contributed by atoms with Crippen molar-refractivity contribution < 1.29 is 24.1 Å². The molecule has 0 saturated carbocycles. The molecule has 1 fully saturated rings. The van der Waals surface area contributed by atoms with Crippen LogP contribution in [0.3, 0.4) is 0 Å². The molecule has 0 aromatic rings. The van der Waals surface area contributed by atoms with E-state index in [0.717, 1.165) is 0 Å². The van der Waals surface area contributed by atoms with Gasteiger partial charge in [-0.05, 0) is 13.8 Å². The minimum atomic E-state index is -0.736. The summed E-state index contributed by atoms with van der Waals surface area (Å²) in [5.41, 5.74) is 0. The molecule has 0 aliphatic carbocycles. The predicted molar refractivity (Wildman–Crippen MR) is 52.2 cm³/mol. The highest BCUT2D eigenvalue weighted by molar-refractivity contribution is 5.69. The summed E-state index contributed by atoms with van der Waals surface area (Å²) < 4.78 is 15.3. The average Bonchev–Trinajstić information content (AvgIpc) is 2.44. The maximum absolute atomic E-state index is 10.9. The Balaban J connectivity index is 2.27. The number of rotatable bonds is 4. The third kappa shape index (κ3) is 4.15. The summed E-state index contributed by atoms with van der Waals surface area (Å²) in [4.78, 5) is 10.9. The lowest BCUT2D eigenvalue weighted by atomic mass is 10.1. The molecule has 88 valence electrons. The van der Waals surface area contributed by atoms with Crippen LogP contribution in [0.5, 0.6) is 0 Å². The van der Waals surface area contributed by atoms with Gasteiger partial charge in [0.15, 0.2) is 5.79 Å². The minimum absolute atomic E-state index is 0.00319. The Labute approximate surface area is 89.3 Å². The van der Waals surface area contributed by atoms with Gasteiger partial charge in [0, 0.05) is 6.42 Å². The number of aliphatic hydroxyl groups excluding tert-OH is 1. The van der Waals surface area contributed by atoms with Gasteiger partial charge in [0.2, 0.25) is 0 Å². The van der Waals surface area contributed by atoms with E-state index < -0.39 is 17.9 Å². The van der Waals surface area contributed by atoms with Gasteiger partial charge >= 0.3 is 5.97 Å². The molecule has 2 unspecified atom stereocenters. The molecule has 0 aromatic carbocycles. The predicted octanol–water partition coefficient (Wildman–Crippen LogP) is 0.452. The highest BCUT2D eigenvalue weighted by atomic mass is 16.7. The molecule has 5 nitrogen and oxygen atoms in total. The normalized spacial score (nSPS) is 26.3. The number of carbonyl (C=O) groups is 1. The van der Waals surface area contributed by atoms with Gasteiger partial charge in [0.25, 0.3) is 0 Å².